The van der Waals surface area contributed by atoms with Gasteiger partial charge in [-0.3, -0.25) is 4.79 Å². The zero-order valence-corrected chi connectivity index (χ0v) is 14.8. The largest absolute Gasteiger partial charge is 0.491 e. The van der Waals surface area contributed by atoms with Crippen molar-refractivity contribution in [2.24, 2.45) is 0 Å². The second kappa shape index (κ2) is 6.99. The number of rotatable bonds is 3. The summed E-state index contributed by atoms with van der Waals surface area (Å²) in [6.07, 6.45) is 1.75. The lowest BCUT2D eigenvalue weighted by molar-refractivity contribution is 0.0600. The number of carbonyl (C=O) groups excluding carboxylic acids is 2. The summed E-state index contributed by atoms with van der Waals surface area (Å²) in [7, 11) is 1.35. The van der Waals surface area contributed by atoms with E-state index < -0.39 is 5.97 Å². The van der Waals surface area contributed by atoms with Crippen LogP contribution in [0.2, 0.25) is 0 Å². The van der Waals surface area contributed by atoms with Crippen LogP contribution in [-0.4, -0.2) is 30.2 Å². The predicted molar refractivity (Wildman–Crippen MR) is 101 cm³/mol. The van der Waals surface area contributed by atoms with Crippen LogP contribution in [0.15, 0.2) is 60.8 Å². The second-order valence-corrected chi connectivity index (χ2v) is 6.15. The Bertz CT molecular complexity index is 1010. The van der Waals surface area contributed by atoms with E-state index in [2.05, 4.69) is 5.32 Å². The first-order chi connectivity index (χ1) is 13.2. The van der Waals surface area contributed by atoms with Crippen molar-refractivity contribution >= 4 is 17.6 Å². The summed E-state index contributed by atoms with van der Waals surface area (Å²) < 4.78 is 12.6. The lowest BCUT2D eigenvalue weighted by Crippen LogP contribution is -2.12. The summed E-state index contributed by atoms with van der Waals surface area (Å²) in [4.78, 5) is 24.6. The first kappa shape index (κ1) is 16.9. The molecule has 0 atom stereocenters. The Morgan fingerprint density at radius 2 is 1.89 bits per heavy atom. The zero-order valence-electron chi connectivity index (χ0n) is 14.8. The molecule has 0 radical (unpaired) electrons. The molecule has 0 fully saturated rings. The van der Waals surface area contributed by atoms with Crippen molar-refractivity contribution in [3.05, 3.63) is 71.9 Å². The maximum absolute atomic E-state index is 12.6. The third-order valence-corrected chi connectivity index (χ3v) is 4.47. The normalized spacial score (nSPS) is 12.2. The van der Waals surface area contributed by atoms with Crippen molar-refractivity contribution in [2.45, 2.75) is 6.54 Å². The van der Waals surface area contributed by atoms with Gasteiger partial charge in [-0.1, -0.05) is 24.3 Å². The molecule has 27 heavy (non-hydrogen) atoms. The molecule has 1 N–H and O–H groups in total. The molecule has 0 bridgehead atoms. The fourth-order valence-electron chi connectivity index (χ4n) is 3.19. The van der Waals surface area contributed by atoms with Crippen LogP contribution in [-0.2, 0) is 11.3 Å². The van der Waals surface area contributed by atoms with Crippen molar-refractivity contribution in [2.75, 3.05) is 19.0 Å². The fourth-order valence-corrected chi connectivity index (χ4v) is 3.19. The van der Waals surface area contributed by atoms with E-state index in [0.717, 1.165) is 11.3 Å². The van der Waals surface area contributed by atoms with Gasteiger partial charge < -0.3 is 19.4 Å². The maximum Gasteiger partial charge on any atom is 0.339 e. The molecule has 3 aromatic rings. The van der Waals surface area contributed by atoms with Crippen molar-refractivity contribution in [3.63, 3.8) is 0 Å². The van der Waals surface area contributed by atoms with Gasteiger partial charge in [-0.15, -0.1) is 0 Å². The highest BCUT2D eigenvalue weighted by molar-refractivity contribution is 6.07. The molecule has 2 heterocycles. The molecule has 6 heteroatoms. The maximum atomic E-state index is 12.6. The lowest BCUT2D eigenvalue weighted by atomic mass is 10.1. The van der Waals surface area contributed by atoms with Gasteiger partial charge in [-0.2, -0.15) is 0 Å². The highest BCUT2D eigenvalue weighted by Crippen LogP contribution is 2.39. The van der Waals surface area contributed by atoms with Crippen LogP contribution < -0.4 is 10.1 Å². The molecule has 1 aliphatic heterocycles. The third kappa shape index (κ3) is 3.17. The van der Waals surface area contributed by atoms with Crippen molar-refractivity contribution in [1.82, 2.24) is 4.57 Å². The minimum absolute atomic E-state index is 0.209. The second-order valence-electron chi connectivity index (χ2n) is 6.15. The van der Waals surface area contributed by atoms with E-state index in [0.29, 0.717) is 35.7 Å². The number of fused-ring (bicyclic) bond motifs is 3. The van der Waals surface area contributed by atoms with E-state index in [-0.39, 0.29) is 5.91 Å². The SMILES string of the molecule is COC(=O)c1cc2n(c1)CCOc1cccc(NC(=O)c3ccccc3)c1-2. The smallest absolute Gasteiger partial charge is 0.339 e. The Labute approximate surface area is 156 Å². The van der Waals surface area contributed by atoms with Gasteiger partial charge in [0.25, 0.3) is 5.91 Å². The number of aromatic nitrogens is 1. The molecule has 2 aromatic carbocycles. The van der Waals surface area contributed by atoms with E-state index >= 15 is 0 Å². The minimum atomic E-state index is -0.399. The van der Waals surface area contributed by atoms with E-state index in [1.165, 1.54) is 7.11 Å². The highest BCUT2D eigenvalue weighted by atomic mass is 16.5. The Hall–Kier alpha value is -3.54. The molecular weight excluding hydrogens is 344 g/mol. The molecule has 1 aromatic heterocycles. The Morgan fingerprint density at radius 1 is 1.07 bits per heavy atom. The van der Waals surface area contributed by atoms with E-state index in [9.17, 15) is 9.59 Å². The topological polar surface area (TPSA) is 69.6 Å². The number of nitrogens with one attached hydrogen (secondary N) is 1. The molecule has 1 aliphatic rings. The molecule has 0 saturated carbocycles. The number of hydrogen-bond donors (Lipinski definition) is 1. The quantitative estimate of drug-likeness (QED) is 0.723. The van der Waals surface area contributed by atoms with Gasteiger partial charge in [0, 0.05) is 11.8 Å². The minimum Gasteiger partial charge on any atom is -0.491 e. The van der Waals surface area contributed by atoms with Crippen LogP contribution in [0.3, 0.4) is 0 Å². The number of benzene rings is 2. The van der Waals surface area contributed by atoms with Crippen LogP contribution in [0, 0.1) is 0 Å². The molecule has 0 saturated heterocycles. The number of nitrogens with zero attached hydrogens (tertiary/aromatic N) is 1. The number of carbonyl (C=O) groups is 2. The van der Waals surface area contributed by atoms with Crippen molar-refractivity contribution in [1.29, 1.82) is 0 Å². The standard InChI is InChI=1S/C21H18N2O4/c1-26-21(25)15-12-17-19-16(22-20(24)14-6-3-2-4-7-14)8-5-9-18(19)27-11-10-23(17)13-15/h2-9,12-13H,10-11H2,1H3,(H,22,24). The van der Waals surface area contributed by atoms with Crippen LogP contribution in [0.1, 0.15) is 20.7 Å². The number of esters is 1. The van der Waals surface area contributed by atoms with Crippen LogP contribution in [0.25, 0.3) is 11.3 Å². The molecule has 1 amide bonds. The van der Waals surface area contributed by atoms with E-state index in [1.807, 2.05) is 41.0 Å². The summed E-state index contributed by atoms with van der Waals surface area (Å²) >= 11 is 0. The summed E-state index contributed by atoms with van der Waals surface area (Å²) in [5.41, 5.74) is 3.19. The van der Waals surface area contributed by atoms with Gasteiger partial charge in [0.05, 0.1) is 36.2 Å². The number of amides is 1. The molecule has 0 unspecified atom stereocenters. The van der Waals surface area contributed by atoms with Gasteiger partial charge in [0.15, 0.2) is 0 Å². The first-order valence-corrected chi connectivity index (χ1v) is 8.58. The number of hydrogen-bond acceptors (Lipinski definition) is 4. The Balaban J connectivity index is 1.78. The molecule has 0 spiro atoms. The van der Waals surface area contributed by atoms with Crippen LogP contribution in [0.5, 0.6) is 5.75 Å². The first-order valence-electron chi connectivity index (χ1n) is 8.58. The number of anilines is 1. The predicted octanol–water partition coefficient (Wildman–Crippen LogP) is 3.59. The molecule has 0 aliphatic carbocycles. The van der Waals surface area contributed by atoms with Crippen molar-refractivity contribution < 1.29 is 19.1 Å². The lowest BCUT2D eigenvalue weighted by Gasteiger charge is -2.14. The summed E-state index contributed by atoms with van der Waals surface area (Å²) in [6, 6.07) is 16.3. The van der Waals surface area contributed by atoms with E-state index in [4.69, 9.17) is 9.47 Å². The molecule has 136 valence electrons. The van der Waals surface area contributed by atoms with Crippen LogP contribution >= 0.6 is 0 Å². The average molecular weight is 362 g/mol. The monoisotopic (exact) mass is 362 g/mol. The van der Waals surface area contributed by atoms with Gasteiger partial charge in [-0.05, 0) is 30.3 Å². The Morgan fingerprint density at radius 3 is 2.67 bits per heavy atom. The summed E-state index contributed by atoms with van der Waals surface area (Å²) in [5, 5.41) is 2.96. The number of methoxy groups -OCH3 is 1. The summed E-state index contributed by atoms with van der Waals surface area (Å²) in [6.45, 7) is 1.05. The third-order valence-electron chi connectivity index (χ3n) is 4.47. The van der Waals surface area contributed by atoms with Gasteiger partial charge in [0.2, 0.25) is 0 Å². The fraction of sp³-hybridized carbons (Fsp3) is 0.143. The highest BCUT2D eigenvalue weighted by Gasteiger charge is 2.23. The van der Waals surface area contributed by atoms with Crippen molar-refractivity contribution in [3.8, 4) is 17.0 Å². The Kier molecular flexibility index (Phi) is 4.38. The van der Waals surface area contributed by atoms with Gasteiger partial charge in [-0.25, -0.2) is 4.79 Å². The average Bonchev–Trinajstić information content (AvgIpc) is 3.04. The molecular formula is C21H18N2O4. The van der Waals surface area contributed by atoms with E-state index in [1.54, 1.807) is 24.4 Å². The van der Waals surface area contributed by atoms with Gasteiger partial charge >= 0.3 is 5.97 Å². The molecule has 4 rings (SSSR count). The zero-order chi connectivity index (χ0) is 18.8. The van der Waals surface area contributed by atoms with Gasteiger partial charge in [0.1, 0.15) is 12.4 Å². The van der Waals surface area contributed by atoms with Crippen LogP contribution in [0.4, 0.5) is 5.69 Å². The summed E-state index contributed by atoms with van der Waals surface area (Å²) in [5.74, 6) is 0.0533. The molecule has 6 nitrogen and oxygen atoms in total. The number of ether oxygens (including phenoxy) is 2.